The second kappa shape index (κ2) is 12.7. The summed E-state index contributed by atoms with van der Waals surface area (Å²) >= 11 is 0. The number of hydrogen-bond acceptors (Lipinski definition) is 11. The molecule has 2 aliphatic heterocycles. The van der Waals surface area contributed by atoms with E-state index in [1.807, 2.05) is 6.92 Å². The Balaban J connectivity index is 2.33. The number of rotatable bonds is 7. The van der Waals surface area contributed by atoms with Gasteiger partial charge in [0.15, 0.2) is 11.5 Å². The SMILES string of the molecule is CCOC(=O)c1c(NC(CC(=O)OC)=NC)c([C@H]2[C@@H]3OC(C)(C)O[C@@H]3[C@@H](CC)N2C(=O)OC(C)(C)C)cn1C(=O)OC. The molecule has 3 heterocycles. The molecule has 0 unspecified atom stereocenters. The van der Waals surface area contributed by atoms with Crippen molar-refractivity contribution >= 4 is 35.6 Å². The van der Waals surface area contributed by atoms with E-state index in [-0.39, 0.29) is 30.2 Å². The zero-order valence-electron chi connectivity index (χ0n) is 25.9. The molecule has 0 aliphatic carbocycles. The van der Waals surface area contributed by atoms with Gasteiger partial charge in [-0.25, -0.2) is 19.0 Å². The lowest BCUT2D eigenvalue weighted by molar-refractivity contribution is -0.167. The first-order valence-electron chi connectivity index (χ1n) is 13.8. The lowest BCUT2D eigenvalue weighted by Crippen LogP contribution is -2.45. The van der Waals surface area contributed by atoms with Crippen LogP contribution in [0, 0.1) is 0 Å². The van der Waals surface area contributed by atoms with Crippen molar-refractivity contribution in [2.45, 2.75) is 97.0 Å². The molecule has 2 fully saturated rings. The standard InChI is InChI=1S/C28H42N4O10/c1-11-16-22-23(41-28(6,7)40-22)20(32(16)26(36)42-27(3,4)5)15-14-31(25(35)38-10)21(24(34)39-12-2)19(15)30-17(29-8)13-18(33)37-9/h14,16,20,22-23H,11-13H2,1-10H3,(H,29,30)/t16-,20+,22-,23+/m1/s1. The number of carbonyl (C=O) groups is 4. The maximum Gasteiger partial charge on any atom is 0.418 e. The van der Waals surface area contributed by atoms with Gasteiger partial charge in [0.05, 0.1) is 38.6 Å². The first-order valence-corrected chi connectivity index (χ1v) is 13.8. The van der Waals surface area contributed by atoms with Crippen LogP contribution in [0.2, 0.25) is 0 Å². The monoisotopic (exact) mass is 594 g/mol. The molecule has 1 N–H and O–H groups in total. The van der Waals surface area contributed by atoms with E-state index in [0.717, 1.165) is 4.57 Å². The number of nitrogens with one attached hydrogen (secondary N) is 1. The number of aromatic nitrogens is 1. The van der Waals surface area contributed by atoms with Gasteiger partial charge >= 0.3 is 24.1 Å². The highest BCUT2D eigenvalue weighted by molar-refractivity contribution is 6.09. The molecule has 0 aromatic carbocycles. The van der Waals surface area contributed by atoms with Gasteiger partial charge in [0, 0.05) is 18.8 Å². The van der Waals surface area contributed by atoms with Crippen LogP contribution >= 0.6 is 0 Å². The van der Waals surface area contributed by atoms with Crippen LogP contribution in [-0.4, -0.2) is 96.9 Å². The Morgan fingerprint density at radius 2 is 1.69 bits per heavy atom. The van der Waals surface area contributed by atoms with Crippen LogP contribution in [0.5, 0.6) is 0 Å². The molecule has 234 valence electrons. The largest absolute Gasteiger partial charge is 0.469 e. The number of carbonyl (C=O) groups excluding carboxylic acids is 4. The lowest BCUT2D eigenvalue weighted by Gasteiger charge is -2.35. The summed E-state index contributed by atoms with van der Waals surface area (Å²) in [6.45, 7) is 12.4. The van der Waals surface area contributed by atoms with E-state index in [0.29, 0.717) is 12.0 Å². The third kappa shape index (κ3) is 6.70. The molecule has 42 heavy (non-hydrogen) atoms. The van der Waals surface area contributed by atoms with E-state index in [1.54, 1.807) is 41.5 Å². The first kappa shape index (κ1) is 32.9. The predicted octanol–water partition coefficient (Wildman–Crippen LogP) is 3.87. The zero-order valence-corrected chi connectivity index (χ0v) is 25.9. The summed E-state index contributed by atoms with van der Waals surface area (Å²) in [6, 6.07) is -1.39. The minimum absolute atomic E-state index is 0.0120. The van der Waals surface area contributed by atoms with Crippen LogP contribution in [0.15, 0.2) is 11.2 Å². The Kier molecular flexibility index (Phi) is 9.93. The van der Waals surface area contributed by atoms with Crippen LogP contribution < -0.4 is 5.32 Å². The van der Waals surface area contributed by atoms with Gasteiger partial charge in [-0.3, -0.25) is 14.7 Å². The molecule has 1 amide bonds. The third-order valence-electron chi connectivity index (χ3n) is 6.81. The van der Waals surface area contributed by atoms with Gasteiger partial charge in [-0.15, -0.1) is 0 Å². The summed E-state index contributed by atoms with van der Waals surface area (Å²) in [4.78, 5) is 58.0. The van der Waals surface area contributed by atoms with Crippen molar-refractivity contribution in [1.29, 1.82) is 0 Å². The number of anilines is 1. The van der Waals surface area contributed by atoms with Gasteiger partial charge in [-0.05, 0) is 48.0 Å². The number of aliphatic imine (C=N–C) groups is 1. The van der Waals surface area contributed by atoms with Gasteiger partial charge < -0.3 is 33.7 Å². The van der Waals surface area contributed by atoms with Gasteiger partial charge in [0.2, 0.25) is 0 Å². The molecule has 0 bridgehead atoms. The van der Waals surface area contributed by atoms with Crippen LogP contribution in [0.25, 0.3) is 0 Å². The minimum Gasteiger partial charge on any atom is -0.469 e. The molecule has 2 saturated heterocycles. The summed E-state index contributed by atoms with van der Waals surface area (Å²) in [5.74, 6) is -2.29. The molecule has 0 spiro atoms. The molecular weight excluding hydrogens is 552 g/mol. The number of hydrogen-bond donors (Lipinski definition) is 1. The predicted molar refractivity (Wildman–Crippen MR) is 151 cm³/mol. The van der Waals surface area contributed by atoms with Gasteiger partial charge in [0.25, 0.3) is 0 Å². The van der Waals surface area contributed by atoms with E-state index < -0.39 is 59.8 Å². The van der Waals surface area contributed by atoms with Crippen LogP contribution in [0.4, 0.5) is 15.3 Å². The Hall–Kier alpha value is -3.65. The highest BCUT2D eigenvalue weighted by Crippen LogP contribution is 2.50. The fourth-order valence-corrected chi connectivity index (χ4v) is 5.26. The lowest BCUT2D eigenvalue weighted by atomic mass is 10.0. The van der Waals surface area contributed by atoms with Gasteiger partial charge in [-0.1, -0.05) is 6.92 Å². The fourth-order valence-electron chi connectivity index (χ4n) is 5.26. The normalized spacial score (nSPS) is 23.3. The van der Waals surface area contributed by atoms with E-state index in [4.69, 9.17) is 28.4 Å². The minimum atomic E-state index is -0.982. The van der Waals surface area contributed by atoms with E-state index in [1.165, 1.54) is 32.4 Å². The fraction of sp³-hybridized carbons (Fsp3) is 0.679. The number of fused-ring (bicyclic) bond motifs is 1. The first-order chi connectivity index (χ1) is 19.6. The van der Waals surface area contributed by atoms with Crippen molar-refractivity contribution in [3.05, 3.63) is 17.5 Å². The highest BCUT2D eigenvalue weighted by Gasteiger charge is 2.60. The molecule has 14 nitrogen and oxygen atoms in total. The Morgan fingerprint density at radius 3 is 2.21 bits per heavy atom. The maximum absolute atomic E-state index is 13.8. The van der Waals surface area contributed by atoms with Crippen molar-refractivity contribution in [2.75, 3.05) is 33.2 Å². The zero-order chi connectivity index (χ0) is 31.6. The van der Waals surface area contributed by atoms with Gasteiger partial charge in [0.1, 0.15) is 30.1 Å². The number of nitrogens with zero attached hydrogens (tertiary/aromatic N) is 3. The molecule has 1 aromatic rings. The summed E-state index contributed by atoms with van der Waals surface area (Å²) in [5.41, 5.74) is -0.669. The average Bonchev–Trinajstić information content (AvgIpc) is 3.52. The second-order valence-corrected chi connectivity index (χ2v) is 11.3. The van der Waals surface area contributed by atoms with Crippen LogP contribution in [0.1, 0.15) is 83.4 Å². The Bertz CT molecular complexity index is 1230. The van der Waals surface area contributed by atoms with Crippen LogP contribution in [0.3, 0.4) is 0 Å². The Morgan fingerprint density at radius 1 is 1.05 bits per heavy atom. The van der Waals surface area contributed by atoms with E-state index in [2.05, 4.69) is 10.3 Å². The van der Waals surface area contributed by atoms with Crippen molar-refractivity contribution in [3.8, 4) is 0 Å². The van der Waals surface area contributed by atoms with Gasteiger partial charge in [-0.2, -0.15) is 0 Å². The summed E-state index contributed by atoms with van der Waals surface area (Å²) in [7, 11) is 3.86. The molecular formula is C28H42N4O10. The molecule has 14 heteroatoms. The number of ether oxygens (including phenoxy) is 6. The number of likely N-dealkylation sites (tertiary alicyclic amines) is 1. The number of amides is 1. The molecule has 4 atom stereocenters. The smallest absolute Gasteiger partial charge is 0.418 e. The van der Waals surface area contributed by atoms with E-state index >= 15 is 0 Å². The summed E-state index contributed by atoms with van der Waals surface area (Å²) < 4.78 is 34.5. The highest BCUT2D eigenvalue weighted by atomic mass is 16.8. The van der Waals surface area contributed by atoms with Crippen molar-refractivity contribution in [3.63, 3.8) is 0 Å². The third-order valence-corrected chi connectivity index (χ3v) is 6.81. The Labute approximate surface area is 245 Å². The van der Waals surface area contributed by atoms with E-state index in [9.17, 15) is 19.2 Å². The number of esters is 2. The summed E-state index contributed by atoms with van der Waals surface area (Å²) in [5, 5.41) is 3.03. The van der Waals surface area contributed by atoms with Crippen LogP contribution in [-0.2, 0) is 33.2 Å². The number of amidine groups is 1. The molecule has 0 radical (unpaired) electrons. The molecule has 0 saturated carbocycles. The topological polar surface area (TPSA) is 156 Å². The van der Waals surface area contributed by atoms with Crippen molar-refractivity contribution in [2.24, 2.45) is 4.99 Å². The molecule has 1 aromatic heterocycles. The average molecular weight is 595 g/mol. The summed E-state index contributed by atoms with van der Waals surface area (Å²) in [6.07, 6.45) is -1.18. The second-order valence-electron chi connectivity index (χ2n) is 11.3. The van der Waals surface area contributed by atoms with Crippen molar-refractivity contribution in [1.82, 2.24) is 9.47 Å². The van der Waals surface area contributed by atoms with Crippen molar-refractivity contribution < 1.29 is 47.6 Å². The quantitative estimate of drug-likeness (QED) is 0.212. The number of methoxy groups -OCH3 is 2. The maximum atomic E-state index is 13.8. The molecule has 3 rings (SSSR count). The molecule has 2 aliphatic rings.